The Labute approximate surface area is 204 Å². The van der Waals surface area contributed by atoms with Gasteiger partial charge in [-0.1, -0.05) is 65.7 Å². The van der Waals surface area contributed by atoms with Crippen molar-refractivity contribution in [3.63, 3.8) is 0 Å². The zero-order valence-corrected chi connectivity index (χ0v) is 20.2. The number of fused-ring (bicyclic) bond motifs is 6. The van der Waals surface area contributed by atoms with E-state index in [1.165, 1.54) is 71.7 Å². The van der Waals surface area contributed by atoms with Crippen LogP contribution in [0.15, 0.2) is 103 Å². The molecular formula is C33H26N2. The van der Waals surface area contributed by atoms with Gasteiger partial charge in [0.1, 0.15) is 0 Å². The van der Waals surface area contributed by atoms with Crippen LogP contribution < -0.4 is 0 Å². The number of benzene rings is 5. The van der Waals surface area contributed by atoms with Crippen molar-refractivity contribution in [3.05, 3.63) is 120 Å². The van der Waals surface area contributed by atoms with E-state index in [9.17, 15) is 0 Å². The van der Waals surface area contributed by atoms with Crippen LogP contribution in [0.4, 0.5) is 0 Å². The molecular weight excluding hydrogens is 424 g/mol. The molecule has 35 heavy (non-hydrogen) atoms. The normalized spacial score (nSPS) is 11.9. The van der Waals surface area contributed by atoms with Crippen molar-refractivity contribution >= 4 is 43.6 Å². The van der Waals surface area contributed by atoms with Crippen LogP contribution in [0.3, 0.4) is 0 Å². The van der Waals surface area contributed by atoms with Gasteiger partial charge in [0, 0.05) is 32.9 Å². The third-order valence-electron chi connectivity index (χ3n) is 7.34. The Hall–Kier alpha value is -4.30. The van der Waals surface area contributed by atoms with Crippen LogP contribution in [0.25, 0.3) is 55.0 Å². The molecule has 0 radical (unpaired) electrons. The molecule has 0 spiro atoms. The van der Waals surface area contributed by atoms with Crippen LogP contribution in [-0.4, -0.2) is 9.13 Å². The Bertz CT molecular complexity index is 1930. The summed E-state index contributed by atoms with van der Waals surface area (Å²) in [5, 5.41) is 5.15. The van der Waals surface area contributed by atoms with E-state index >= 15 is 0 Å². The molecule has 0 saturated heterocycles. The Balaban J connectivity index is 1.57. The molecule has 0 amide bonds. The first-order valence-electron chi connectivity index (χ1n) is 12.2. The fourth-order valence-electron chi connectivity index (χ4n) is 5.78. The van der Waals surface area contributed by atoms with Crippen LogP contribution in [0.1, 0.15) is 16.7 Å². The Morgan fingerprint density at radius 2 is 0.971 bits per heavy atom. The zero-order chi connectivity index (χ0) is 23.7. The molecule has 0 aliphatic rings. The maximum Gasteiger partial charge on any atom is 0.0542 e. The van der Waals surface area contributed by atoms with Crippen LogP contribution in [0, 0.1) is 20.8 Å². The molecule has 2 heteroatoms. The number of rotatable bonds is 2. The predicted molar refractivity (Wildman–Crippen MR) is 149 cm³/mol. The highest BCUT2D eigenvalue weighted by Gasteiger charge is 2.17. The lowest BCUT2D eigenvalue weighted by Crippen LogP contribution is -1.98. The molecule has 0 unspecified atom stereocenters. The van der Waals surface area contributed by atoms with Gasteiger partial charge in [-0.05, 0) is 74.9 Å². The minimum Gasteiger partial charge on any atom is -0.309 e. The van der Waals surface area contributed by atoms with Gasteiger partial charge in [0.25, 0.3) is 0 Å². The van der Waals surface area contributed by atoms with Crippen molar-refractivity contribution in [3.8, 4) is 11.4 Å². The van der Waals surface area contributed by atoms with Gasteiger partial charge in [0.15, 0.2) is 0 Å². The molecule has 0 fully saturated rings. The summed E-state index contributed by atoms with van der Waals surface area (Å²) >= 11 is 0. The molecule has 7 rings (SSSR count). The van der Waals surface area contributed by atoms with Crippen molar-refractivity contribution in [1.29, 1.82) is 0 Å². The lowest BCUT2D eigenvalue weighted by Gasteiger charge is -2.13. The SMILES string of the molecule is Cc1ccc(-n2c3ccccc3c3cc(-n4c5ccccc5c5cc(C)ccc54)ccc32)c(C)c1. The monoisotopic (exact) mass is 450 g/mol. The molecule has 0 atom stereocenters. The highest BCUT2D eigenvalue weighted by atomic mass is 15.0. The van der Waals surface area contributed by atoms with Gasteiger partial charge < -0.3 is 9.13 Å². The largest absolute Gasteiger partial charge is 0.309 e. The minimum atomic E-state index is 1.19. The summed E-state index contributed by atoms with van der Waals surface area (Å²) in [6.07, 6.45) is 0. The first kappa shape index (κ1) is 20.1. The number of para-hydroxylation sites is 2. The van der Waals surface area contributed by atoms with Crippen LogP contribution in [0.5, 0.6) is 0 Å². The molecule has 0 saturated carbocycles. The Kier molecular flexibility index (Phi) is 4.22. The minimum absolute atomic E-state index is 1.19. The third kappa shape index (κ3) is 2.90. The molecule has 5 aromatic carbocycles. The molecule has 0 aliphatic heterocycles. The summed E-state index contributed by atoms with van der Waals surface area (Å²) in [5.41, 5.74) is 11.2. The second-order valence-electron chi connectivity index (χ2n) is 9.72. The first-order valence-corrected chi connectivity index (χ1v) is 12.2. The maximum absolute atomic E-state index is 2.42. The molecule has 7 aromatic rings. The summed E-state index contributed by atoms with van der Waals surface area (Å²) < 4.78 is 4.82. The Morgan fingerprint density at radius 1 is 0.429 bits per heavy atom. The first-order chi connectivity index (χ1) is 17.1. The highest BCUT2D eigenvalue weighted by Crippen LogP contribution is 2.37. The lowest BCUT2D eigenvalue weighted by molar-refractivity contribution is 1.14. The number of hydrogen-bond donors (Lipinski definition) is 0. The van der Waals surface area contributed by atoms with Crippen LogP contribution in [0.2, 0.25) is 0 Å². The van der Waals surface area contributed by atoms with Gasteiger partial charge in [0.05, 0.1) is 22.1 Å². The average molecular weight is 451 g/mol. The summed E-state index contributed by atoms with van der Waals surface area (Å²) in [4.78, 5) is 0. The second-order valence-corrected chi connectivity index (χ2v) is 9.72. The predicted octanol–water partition coefficient (Wildman–Crippen LogP) is 8.81. The van der Waals surface area contributed by atoms with Gasteiger partial charge in [-0.25, -0.2) is 0 Å². The summed E-state index contributed by atoms with van der Waals surface area (Å²) in [6.45, 7) is 6.53. The van der Waals surface area contributed by atoms with Crippen molar-refractivity contribution in [2.75, 3.05) is 0 Å². The molecule has 2 heterocycles. The highest BCUT2D eigenvalue weighted by molar-refractivity contribution is 6.12. The third-order valence-corrected chi connectivity index (χ3v) is 7.34. The van der Waals surface area contributed by atoms with Gasteiger partial charge in [-0.15, -0.1) is 0 Å². The molecule has 0 aliphatic carbocycles. The fourth-order valence-corrected chi connectivity index (χ4v) is 5.78. The van der Waals surface area contributed by atoms with Crippen molar-refractivity contribution < 1.29 is 0 Å². The average Bonchev–Trinajstić information content (AvgIpc) is 3.36. The van der Waals surface area contributed by atoms with Crippen molar-refractivity contribution in [2.45, 2.75) is 20.8 Å². The molecule has 0 N–H and O–H groups in total. The zero-order valence-electron chi connectivity index (χ0n) is 20.2. The molecule has 168 valence electrons. The van der Waals surface area contributed by atoms with Crippen LogP contribution in [-0.2, 0) is 0 Å². The van der Waals surface area contributed by atoms with E-state index in [0.29, 0.717) is 0 Å². The second kappa shape index (κ2) is 7.35. The quantitative estimate of drug-likeness (QED) is 0.249. The molecule has 0 bridgehead atoms. The maximum atomic E-state index is 2.42. The molecule has 2 aromatic heterocycles. The van der Waals surface area contributed by atoms with Gasteiger partial charge in [-0.2, -0.15) is 0 Å². The fraction of sp³-hybridized carbons (Fsp3) is 0.0909. The number of hydrogen-bond acceptors (Lipinski definition) is 0. The summed E-state index contributed by atoms with van der Waals surface area (Å²) in [6, 6.07) is 37.9. The van der Waals surface area contributed by atoms with E-state index in [1.807, 2.05) is 0 Å². The van der Waals surface area contributed by atoms with E-state index in [0.717, 1.165) is 0 Å². The van der Waals surface area contributed by atoms with E-state index in [1.54, 1.807) is 0 Å². The van der Waals surface area contributed by atoms with Gasteiger partial charge in [0.2, 0.25) is 0 Å². The smallest absolute Gasteiger partial charge is 0.0542 e. The number of nitrogens with zero attached hydrogens (tertiary/aromatic N) is 2. The van der Waals surface area contributed by atoms with E-state index < -0.39 is 0 Å². The van der Waals surface area contributed by atoms with Crippen molar-refractivity contribution in [2.24, 2.45) is 0 Å². The van der Waals surface area contributed by atoms with E-state index in [2.05, 4.69) is 133 Å². The van der Waals surface area contributed by atoms with E-state index in [4.69, 9.17) is 0 Å². The summed E-state index contributed by atoms with van der Waals surface area (Å²) in [5.74, 6) is 0. The van der Waals surface area contributed by atoms with Gasteiger partial charge in [-0.3, -0.25) is 0 Å². The molecule has 2 nitrogen and oxygen atoms in total. The Morgan fingerprint density at radius 3 is 1.71 bits per heavy atom. The van der Waals surface area contributed by atoms with E-state index in [-0.39, 0.29) is 0 Å². The van der Waals surface area contributed by atoms with Gasteiger partial charge >= 0.3 is 0 Å². The van der Waals surface area contributed by atoms with Crippen molar-refractivity contribution in [1.82, 2.24) is 9.13 Å². The lowest BCUT2D eigenvalue weighted by atomic mass is 10.1. The van der Waals surface area contributed by atoms with Crippen LogP contribution >= 0.6 is 0 Å². The standard InChI is InChI=1S/C33H26N2/c1-21-12-15-29(23(3)18-21)35-31-11-7-5-9-26(31)28-20-24(14-17-33(28)35)34-30-10-6-4-8-25(30)27-19-22(2)13-16-32(27)34/h4-20H,1-3H3. The number of aromatic nitrogens is 2. The topological polar surface area (TPSA) is 9.86 Å². The number of aryl methyl sites for hydroxylation is 3. The summed E-state index contributed by atoms with van der Waals surface area (Å²) in [7, 11) is 0.